The predicted octanol–water partition coefficient (Wildman–Crippen LogP) is 1.57. The number of pyridine rings is 1. The Balaban J connectivity index is 1.45. The fraction of sp³-hybridized carbons (Fsp3) is 0.296. The summed E-state index contributed by atoms with van der Waals surface area (Å²) in [4.78, 5) is 32.0. The minimum Gasteiger partial charge on any atom is -0.493 e. The number of nitrogens with one attached hydrogen (secondary N) is 2. The number of nitrogens with zero attached hydrogens (tertiary/aromatic N) is 2. The molecule has 1 aromatic heterocycles. The molecule has 0 radical (unpaired) electrons. The summed E-state index contributed by atoms with van der Waals surface area (Å²) in [5, 5.41) is 5.86. The summed E-state index contributed by atoms with van der Waals surface area (Å²) in [6, 6.07) is 14.8. The summed E-state index contributed by atoms with van der Waals surface area (Å²) < 4.78 is 41.0. The van der Waals surface area contributed by atoms with Gasteiger partial charge in [-0.1, -0.05) is 12.1 Å². The van der Waals surface area contributed by atoms with E-state index in [9.17, 15) is 18.0 Å². The smallest absolute Gasteiger partial charge is 0.258 e. The van der Waals surface area contributed by atoms with Crippen molar-refractivity contribution in [3.63, 3.8) is 0 Å². The Morgan fingerprint density at radius 1 is 1.05 bits per heavy atom. The van der Waals surface area contributed by atoms with E-state index >= 15 is 0 Å². The number of sulfone groups is 1. The monoisotopic (exact) mass is 552 g/mol. The molecule has 11 nitrogen and oxygen atoms in total. The second-order valence-electron chi connectivity index (χ2n) is 9.34. The van der Waals surface area contributed by atoms with Gasteiger partial charge in [-0.05, 0) is 48.0 Å². The zero-order chi connectivity index (χ0) is 27.6. The molecule has 2 N–H and O–H groups in total. The third kappa shape index (κ3) is 6.06. The van der Waals surface area contributed by atoms with Crippen molar-refractivity contribution in [1.29, 1.82) is 0 Å². The lowest BCUT2D eigenvalue weighted by molar-refractivity contribution is -0.123. The van der Waals surface area contributed by atoms with Crippen molar-refractivity contribution in [2.45, 2.75) is 23.6 Å². The number of anilines is 1. The maximum atomic E-state index is 13.3. The van der Waals surface area contributed by atoms with Crippen LogP contribution in [0.25, 0.3) is 0 Å². The van der Waals surface area contributed by atoms with Gasteiger partial charge in [0.15, 0.2) is 27.9 Å². The van der Waals surface area contributed by atoms with Crippen molar-refractivity contribution in [3.8, 4) is 17.2 Å². The lowest BCUT2D eigenvalue weighted by atomic mass is 10.1. The Hall–Kier alpha value is -4.32. The molecule has 4 heterocycles. The van der Waals surface area contributed by atoms with Crippen molar-refractivity contribution in [3.05, 3.63) is 71.9 Å². The molecule has 2 amide bonds. The highest BCUT2D eigenvalue weighted by Gasteiger charge is 2.36. The first-order chi connectivity index (χ1) is 18.7. The number of aromatic nitrogens is 1. The van der Waals surface area contributed by atoms with Gasteiger partial charge in [0.05, 0.1) is 24.6 Å². The number of hydrogen-bond donors (Lipinski definition) is 2. The molecule has 1 fully saturated rings. The molecule has 204 valence electrons. The van der Waals surface area contributed by atoms with Crippen molar-refractivity contribution < 1.29 is 32.2 Å². The van der Waals surface area contributed by atoms with E-state index in [1.165, 1.54) is 25.4 Å². The number of benzene rings is 2. The van der Waals surface area contributed by atoms with E-state index in [2.05, 4.69) is 15.6 Å². The van der Waals surface area contributed by atoms with Gasteiger partial charge in [0, 0.05) is 31.1 Å². The van der Waals surface area contributed by atoms with Crippen LogP contribution in [0, 0.1) is 0 Å². The maximum Gasteiger partial charge on any atom is 0.258 e. The summed E-state index contributed by atoms with van der Waals surface area (Å²) in [6.07, 6.45) is 2.03. The molecule has 3 aliphatic heterocycles. The number of amides is 2. The van der Waals surface area contributed by atoms with E-state index < -0.39 is 22.0 Å². The van der Waals surface area contributed by atoms with Crippen LogP contribution in [-0.4, -0.2) is 70.4 Å². The third-order valence-corrected chi connectivity index (χ3v) is 7.64. The highest BCUT2D eigenvalue weighted by atomic mass is 32.2. The highest BCUT2D eigenvalue weighted by Crippen LogP contribution is 2.29. The Kier molecular flexibility index (Phi) is 7.29. The normalized spacial score (nSPS) is 19.7. The number of ether oxygens (including phenoxy) is 3. The summed E-state index contributed by atoms with van der Waals surface area (Å²) in [6.45, 7) is 0.866. The fourth-order valence-electron chi connectivity index (χ4n) is 4.44. The molecule has 6 rings (SSSR count). The molecule has 0 spiro atoms. The topological polar surface area (TPSA) is 136 Å². The summed E-state index contributed by atoms with van der Waals surface area (Å²) in [5.74, 6) is 1.17. The van der Waals surface area contributed by atoms with Gasteiger partial charge in [0.1, 0.15) is 17.7 Å². The van der Waals surface area contributed by atoms with Crippen LogP contribution in [0.4, 0.5) is 5.82 Å². The second-order valence-corrected chi connectivity index (χ2v) is 11.4. The number of carbonyl (C=O) groups is 2. The molecule has 12 heteroatoms. The molecule has 4 bridgehead atoms. The van der Waals surface area contributed by atoms with Gasteiger partial charge in [-0.25, -0.2) is 13.4 Å². The van der Waals surface area contributed by atoms with Crippen molar-refractivity contribution in [2.75, 3.05) is 38.0 Å². The molecular weight excluding hydrogens is 524 g/mol. The van der Waals surface area contributed by atoms with Crippen molar-refractivity contribution in [1.82, 2.24) is 15.6 Å². The van der Waals surface area contributed by atoms with Crippen LogP contribution in [0.5, 0.6) is 17.2 Å². The Morgan fingerprint density at radius 3 is 2.54 bits per heavy atom. The van der Waals surface area contributed by atoms with Crippen LogP contribution in [0.1, 0.15) is 15.9 Å². The van der Waals surface area contributed by atoms with E-state index in [4.69, 9.17) is 14.2 Å². The molecular formula is C27H28N4O7S. The molecule has 3 aliphatic rings. The zero-order valence-corrected chi connectivity index (χ0v) is 22.2. The van der Waals surface area contributed by atoms with Crippen LogP contribution in [-0.2, 0) is 21.2 Å². The number of methoxy groups -OCH3 is 1. The Labute approximate surface area is 226 Å². The minimum absolute atomic E-state index is 0.130. The predicted molar refractivity (Wildman–Crippen MR) is 142 cm³/mol. The quantitative estimate of drug-likeness (QED) is 0.496. The molecule has 2 atom stereocenters. The van der Waals surface area contributed by atoms with Gasteiger partial charge in [-0.15, -0.1) is 0 Å². The number of fused-ring (bicyclic) bond motifs is 7. The minimum atomic E-state index is -3.37. The van der Waals surface area contributed by atoms with E-state index in [1.54, 1.807) is 18.2 Å². The first kappa shape index (κ1) is 26.3. The van der Waals surface area contributed by atoms with Crippen LogP contribution >= 0.6 is 0 Å². The lowest BCUT2D eigenvalue weighted by Gasteiger charge is -2.21. The molecule has 1 saturated heterocycles. The van der Waals surface area contributed by atoms with Crippen LogP contribution in [0.15, 0.2) is 65.7 Å². The number of hydrogen-bond acceptors (Lipinski definition) is 9. The molecule has 3 aromatic rings. The van der Waals surface area contributed by atoms with Gasteiger partial charge >= 0.3 is 0 Å². The molecule has 0 unspecified atom stereocenters. The second kappa shape index (κ2) is 10.8. The average Bonchev–Trinajstić information content (AvgIpc) is 3.32. The number of rotatable bonds is 3. The third-order valence-electron chi connectivity index (χ3n) is 6.54. The van der Waals surface area contributed by atoms with Gasteiger partial charge in [0.25, 0.3) is 11.8 Å². The van der Waals surface area contributed by atoms with Gasteiger partial charge < -0.3 is 29.7 Å². The van der Waals surface area contributed by atoms with Crippen LogP contribution < -0.4 is 29.7 Å². The van der Waals surface area contributed by atoms with Crippen LogP contribution in [0.3, 0.4) is 0 Å². The summed E-state index contributed by atoms with van der Waals surface area (Å²) in [5.41, 5.74) is 1.21. The Morgan fingerprint density at radius 2 is 1.85 bits per heavy atom. The van der Waals surface area contributed by atoms with E-state index in [-0.39, 0.29) is 29.1 Å². The number of carbonyl (C=O) groups excluding carboxylic acids is 2. The van der Waals surface area contributed by atoms with Crippen molar-refractivity contribution in [2.24, 2.45) is 0 Å². The largest absolute Gasteiger partial charge is 0.493 e. The molecule has 2 aromatic carbocycles. The highest BCUT2D eigenvalue weighted by molar-refractivity contribution is 7.90. The molecule has 0 saturated carbocycles. The molecule has 39 heavy (non-hydrogen) atoms. The summed E-state index contributed by atoms with van der Waals surface area (Å²) >= 11 is 0. The Bertz CT molecular complexity index is 1480. The van der Waals surface area contributed by atoms with Crippen molar-refractivity contribution >= 4 is 27.5 Å². The van der Waals surface area contributed by atoms with Crippen LogP contribution in [0.2, 0.25) is 0 Å². The zero-order valence-electron chi connectivity index (χ0n) is 21.4. The lowest BCUT2D eigenvalue weighted by Crippen LogP contribution is -2.45. The summed E-state index contributed by atoms with van der Waals surface area (Å²) in [7, 11) is -1.90. The van der Waals surface area contributed by atoms with Gasteiger partial charge in [-0.3, -0.25) is 9.59 Å². The fourth-order valence-corrected chi connectivity index (χ4v) is 5.00. The molecule has 0 aliphatic carbocycles. The van der Waals surface area contributed by atoms with Gasteiger partial charge in [0.2, 0.25) is 0 Å². The first-order valence-electron chi connectivity index (χ1n) is 12.2. The first-order valence-corrected chi connectivity index (χ1v) is 14.1. The standard InChI is InChI=1S/C27H28N4O7S/c1-36-22-9-5-18-11-23(22)37-16-26(32)29-12-17-3-6-19(7-4-17)38-24-15-31(14-21(24)30-27(18)33)25-10-8-20(13-28-25)39(2,34)35/h3-11,13,21,24H,12,14-16H2,1-2H3,(H,29,32)(H,30,33)/t21-,24-/m0/s1. The van der Waals surface area contributed by atoms with E-state index in [1.807, 2.05) is 29.2 Å². The van der Waals surface area contributed by atoms with E-state index in [0.717, 1.165) is 11.8 Å². The SMILES string of the molecule is COc1ccc2cc1OCC(=O)NCc1ccc(cc1)O[C@H]1CN(c3ccc(S(C)(=O)=O)cn3)C[C@@H]1NC2=O. The average molecular weight is 553 g/mol. The van der Waals surface area contributed by atoms with E-state index in [0.29, 0.717) is 42.5 Å². The maximum absolute atomic E-state index is 13.3. The van der Waals surface area contributed by atoms with Gasteiger partial charge in [-0.2, -0.15) is 0 Å².